The average molecular weight is 468 g/mol. The Kier molecular flexibility index (Phi) is 7.14. The third kappa shape index (κ3) is 5.73. The number of amides is 2. The zero-order chi connectivity index (χ0) is 24.2. The van der Waals surface area contributed by atoms with E-state index in [2.05, 4.69) is 10.2 Å². The van der Waals surface area contributed by atoms with Crippen molar-refractivity contribution < 1.29 is 29.3 Å². The number of carbonyl (C=O) groups excluding carboxylic acids is 2. The number of rotatable bonds is 9. The maximum Gasteiger partial charge on any atom is 0.341 e. The van der Waals surface area contributed by atoms with Crippen molar-refractivity contribution in [1.29, 1.82) is 0 Å². The summed E-state index contributed by atoms with van der Waals surface area (Å²) in [4.78, 5) is 39.6. The van der Waals surface area contributed by atoms with E-state index in [1.54, 1.807) is 30.1 Å². The fraction of sp³-hybridized carbons (Fsp3) is 0.400. The van der Waals surface area contributed by atoms with Gasteiger partial charge in [-0.1, -0.05) is 24.3 Å². The summed E-state index contributed by atoms with van der Waals surface area (Å²) in [6.07, 6.45) is 0.811. The summed E-state index contributed by atoms with van der Waals surface area (Å²) >= 11 is 0. The summed E-state index contributed by atoms with van der Waals surface area (Å²) < 4.78 is 5.34. The van der Waals surface area contributed by atoms with E-state index in [1.807, 2.05) is 24.3 Å². The number of benzene rings is 2. The van der Waals surface area contributed by atoms with Gasteiger partial charge in [0, 0.05) is 32.4 Å². The molecular weight excluding hydrogens is 438 g/mol. The van der Waals surface area contributed by atoms with Gasteiger partial charge in [-0.2, -0.15) is 0 Å². The number of ether oxygens (including phenoxy) is 1. The Morgan fingerprint density at radius 2 is 2.09 bits per heavy atom. The number of likely N-dealkylation sites (tertiary alicyclic amines) is 1. The summed E-state index contributed by atoms with van der Waals surface area (Å²) in [5, 5.41) is 21.7. The molecule has 180 valence electrons. The van der Waals surface area contributed by atoms with Gasteiger partial charge in [0.15, 0.2) is 6.61 Å². The number of β-amino-alcohol motifs (C(OH)–C–C–N with tert-alkyl or cyclic N) is 1. The number of carboxylic acids is 1. The van der Waals surface area contributed by atoms with Gasteiger partial charge in [-0.3, -0.25) is 14.5 Å². The number of aliphatic carboxylic acids is 1. The molecule has 9 heteroatoms. The Hall–Kier alpha value is -3.43. The van der Waals surface area contributed by atoms with Gasteiger partial charge in [0.1, 0.15) is 5.75 Å². The van der Waals surface area contributed by atoms with Crippen molar-refractivity contribution in [3.8, 4) is 5.75 Å². The number of aliphatic hydroxyl groups excluding tert-OH is 1. The van der Waals surface area contributed by atoms with Gasteiger partial charge in [0.25, 0.3) is 0 Å². The van der Waals surface area contributed by atoms with Crippen molar-refractivity contribution in [2.24, 2.45) is 0 Å². The van der Waals surface area contributed by atoms with E-state index >= 15 is 0 Å². The highest BCUT2D eigenvalue weighted by atomic mass is 16.5. The number of fused-ring (bicyclic) bond motifs is 1. The van der Waals surface area contributed by atoms with Crippen LogP contribution in [0.5, 0.6) is 5.75 Å². The van der Waals surface area contributed by atoms with Crippen molar-refractivity contribution in [2.45, 2.75) is 31.4 Å². The molecule has 2 aromatic carbocycles. The first kappa shape index (κ1) is 23.7. The molecule has 2 aliphatic rings. The molecule has 34 heavy (non-hydrogen) atoms. The number of carboxylic acid groups (broad SMARTS) is 1. The highest BCUT2D eigenvalue weighted by Gasteiger charge is 2.29. The van der Waals surface area contributed by atoms with Gasteiger partial charge in [-0.15, -0.1) is 0 Å². The van der Waals surface area contributed by atoms with E-state index in [0.29, 0.717) is 31.7 Å². The van der Waals surface area contributed by atoms with E-state index in [9.17, 15) is 19.5 Å². The molecule has 2 aromatic rings. The number of aliphatic hydroxyl groups is 1. The van der Waals surface area contributed by atoms with Crippen molar-refractivity contribution >= 4 is 23.5 Å². The lowest BCUT2D eigenvalue weighted by atomic mass is 10.0. The van der Waals surface area contributed by atoms with Crippen molar-refractivity contribution in [3.05, 3.63) is 59.2 Å². The van der Waals surface area contributed by atoms with Crippen LogP contribution in [0.3, 0.4) is 0 Å². The predicted octanol–water partition coefficient (Wildman–Crippen LogP) is 1.45. The average Bonchev–Trinajstić information content (AvgIpc) is 3.39. The highest BCUT2D eigenvalue weighted by molar-refractivity contribution is 5.99. The first-order chi connectivity index (χ1) is 16.3. The molecule has 0 bridgehead atoms. The molecule has 0 aliphatic carbocycles. The molecule has 1 unspecified atom stereocenters. The van der Waals surface area contributed by atoms with Crippen molar-refractivity contribution in [1.82, 2.24) is 9.80 Å². The standard InChI is InChI=1S/C25H29N3O6/c1-27(24(31)10-16-5-6-21-18(9-16)12-23(30)26-21)22(14-28-8-7-19(29)13-28)17-3-2-4-20(11-17)34-15-25(32)33/h2-6,9,11,19,22,29H,7-8,10,12-15H2,1H3,(H,26,30)(H,32,33)/t19-,22?/m0/s1. The number of hydrogen-bond acceptors (Lipinski definition) is 6. The summed E-state index contributed by atoms with van der Waals surface area (Å²) in [6.45, 7) is 1.36. The normalized spacial score (nSPS) is 18.3. The maximum absolute atomic E-state index is 13.3. The quantitative estimate of drug-likeness (QED) is 0.511. The van der Waals surface area contributed by atoms with Gasteiger partial charge < -0.3 is 25.2 Å². The fourth-order valence-electron chi connectivity index (χ4n) is 4.50. The summed E-state index contributed by atoms with van der Waals surface area (Å²) in [6, 6.07) is 12.4. The summed E-state index contributed by atoms with van der Waals surface area (Å²) in [5.74, 6) is -0.776. The summed E-state index contributed by atoms with van der Waals surface area (Å²) in [7, 11) is 1.75. The lowest BCUT2D eigenvalue weighted by molar-refractivity contribution is -0.139. The zero-order valence-corrected chi connectivity index (χ0v) is 19.1. The van der Waals surface area contributed by atoms with Crippen LogP contribution in [0.25, 0.3) is 0 Å². The Morgan fingerprint density at radius 1 is 1.26 bits per heavy atom. The molecule has 0 spiro atoms. The number of likely N-dealkylation sites (N-methyl/N-ethyl adjacent to an activating group) is 1. The van der Waals surface area contributed by atoms with Crippen molar-refractivity contribution in [2.75, 3.05) is 38.6 Å². The molecule has 2 atom stereocenters. The minimum Gasteiger partial charge on any atom is -0.482 e. The van der Waals surface area contributed by atoms with E-state index in [4.69, 9.17) is 9.84 Å². The molecule has 0 saturated carbocycles. The topological polar surface area (TPSA) is 119 Å². The molecule has 2 amide bonds. The second-order valence-electron chi connectivity index (χ2n) is 8.87. The molecule has 1 fully saturated rings. The Balaban J connectivity index is 1.52. The minimum absolute atomic E-state index is 0.0477. The van der Waals surface area contributed by atoms with Crippen LogP contribution in [-0.4, -0.2) is 77.2 Å². The fourth-order valence-corrected chi connectivity index (χ4v) is 4.50. The third-order valence-corrected chi connectivity index (χ3v) is 6.29. The molecule has 1 saturated heterocycles. The van der Waals surface area contributed by atoms with Gasteiger partial charge in [-0.25, -0.2) is 4.79 Å². The van der Waals surface area contributed by atoms with Crippen LogP contribution in [0.2, 0.25) is 0 Å². The molecule has 3 N–H and O–H groups in total. The third-order valence-electron chi connectivity index (χ3n) is 6.29. The number of nitrogens with zero attached hydrogens (tertiary/aromatic N) is 2. The number of nitrogens with one attached hydrogen (secondary N) is 1. The smallest absolute Gasteiger partial charge is 0.341 e. The Bertz CT molecular complexity index is 1090. The van der Waals surface area contributed by atoms with Crippen LogP contribution in [0.15, 0.2) is 42.5 Å². The molecule has 2 heterocycles. The van der Waals surface area contributed by atoms with E-state index in [1.165, 1.54) is 0 Å². The monoisotopic (exact) mass is 467 g/mol. The van der Waals surface area contributed by atoms with Gasteiger partial charge in [0.05, 0.1) is 25.0 Å². The van der Waals surface area contributed by atoms with Crippen LogP contribution >= 0.6 is 0 Å². The molecule has 4 rings (SSSR count). The molecule has 0 radical (unpaired) electrons. The SMILES string of the molecule is CN(C(=O)Cc1ccc2c(c1)CC(=O)N2)C(CN1CC[C@H](O)C1)c1cccc(OCC(=O)O)c1. The molecule has 9 nitrogen and oxygen atoms in total. The Morgan fingerprint density at radius 3 is 2.82 bits per heavy atom. The van der Waals surface area contributed by atoms with Crippen LogP contribution < -0.4 is 10.1 Å². The molecular formula is C25H29N3O6. The number of anilines is 1. The van der Waals surface area contributed by atoms with E-state index in [-0.39, 0.29) is 30.4 Å². The lowest BCUT2D eigenvalue weighted by Gasteiger charge is -2.32. The predicted molar refractivity (Wildman–Crippen MR) is 125 cm³/mol. The second kappa shape index (κ2) is 10.2. The molecule has 2 aliphatic heterocycles. The van der Waals surface area contributed by atoms with Crippen LogP contribution in [-0.2, 0) is 27.2 Å². The van der Waals surface area contributed by atoms with Gasteiger partial charge >= 0.3 is 5.97 Å². The first-order valence-electron chi connectivity index (χ1n) is 11.3. The number of hydrogen-bond donors (Lipinski definition) is 3. The highest BCUT2D eigenvalue weighted by Crippen LogP contribution is 2.28. The van der Waals surface area contributed by atoms with E-state index in [0.717, 1.165) is 28.9 Å². The van der Waals surface area contributed by atoms with Gasteiger partial charge in [0.2, 0.25) is 11.8 Å². The van der Waals surface area contributed by atoms with Crippen LogP contribution in [0, 0.1) is 0 Å². The van der Waals surface area contributed by atoms with Gasteiger partial charge in [-0.05, 0) is 41.3 Å². The van der Waals surface area contributed by atoms with Crippen LogP contribution in [0.1, 0.15) is 29.2 Å². The minimum atomic E-state index is -1.06. The largest absolute Gasteiger partial charge is 0.482 e. The Labute approximate surface area is 197 Å². The zero-order valence-electron chi connectivity index (χ0n) is 19.1. The van der Waals surface area contributed by atoms with Crippen LogP contribution in [0.4, 0.5) is 5.69 Å². The number of carbonyl (C=O) groups is 3. The van der Waals surface area contributed by atoms with Crippen molar-refractivity contribution in [3.63, 3.8) is 0 Å². The maximum atomic E-state index is 13.3. The summed E-state index contributed by atoms with van der Waals surface area (Å²) in [5.41, 5.74) is 3.34. The lowest BCUT2D eigenvalue weighted by Crippen LogP contribution is -2.39. The first-order valence-corrected chi connectivity index (χ1v) is 11.3. The molecule has 0 aromatic heterocycles. The second-order valence-corrected chi connectivity index (χ2v) is 8.87. The van der Waals surface area contributed by atoms with E-state index < -0.39 is 12.6 Å².